The summed E-state index contributed by atoms with van der Waals surface area (Å²) in [6.07, 6.45) is 8.66. The van der Waals surface area contributed by atoms with Crippen molar-refractivity contribution in [1.29, 1.82) is 0 Å². The van der Waals surface area contributed by atoms with E-state index < -0.39 is 0 Å². The number of nitrogens with zero attached hydrogens (tertiary/aromatic N) is 3. The first-order valence-electron chi connectivity index (χ1n) is 7.51. The molecular weight excluding hydrogens is 270 g/mol. The highest BCUT2D eigenvalue weighted by Crippen LogP contribution is 2.36. The van der Waals surface area contributed by atoms with Crippen LogP contribution in [-0.2, 0) is 6.54 Å². The lowest BCUT2D eigenvalue weighted by Gasteiger charge is -2.47. The predicted molar refractivity (Wildman–Crippen MR) is 80.1 cm³/mol. The highest BCUT2D eigenvalue weighted by molar-refractivity contribution is 7.15. The summed E-state index contributed by atoms with van der Waals surface area (Å²) >= 11 is 1.53. The molecule has 2 aromatic heterocycles. The minimum atomic E-state index is 0.0455. The molecule has 0 amide bonds. The first kappa shape index (κ1) is 12.5. The van der Waals surface area contributed by atoms with Gasteiger partial charge in [0.2, 0.25) is 0 Å². The number of thiazole rings is 1. The van der Waals surface area contributed by atoms with E-state index in [0.29, 0.717) is 0 Å². The van der Waals surface area contributed by atoms with Gasteiger partial charge in [0.15, 0.2) is 4.96 Å². The van der Waals surface area contributed by atoms with Gasteiger partial charge in [-0.05, 0) is 18.8 Å². The van der Waals surface area contributed by atoms with Crippen molar-refractivity contribution >= 4 is 16.3 Å². The van der Waals surface area contributed by atoms with Crippen LogP contribution in [0.3, 0.4) is 0 Å². The average Bonchev–Trinajstić information content (AvgIpc) is 2.80. The first-order chi connectivity index (χ1) is 9.81. The number of fused-ring (bicyclic) bond motifs is 2. The van der Waals surface area contributed by atoms with Gasteiger partial charge in [-0.25, -0.2) is 4.98 Å². The zero-order valence-corrected chi connectivity index (χ0v) is 12.3. The van der Waals surface area contributed by atoms with Crippen molar-refractivity contribution in [1.82, 2.24) is 14.3 Å². The fourth-order valence-corrected chi connectivity index (χ4v) is 4.45. The molecule has 20 heavy (non-hydrogen) atoms. The molecule has 106 valence electrons. The highest BCUT2D eigenvalue weighted by Gasteiger charge is 2.38. The molecule has 2 aliphatic rings. The zero-order chi connectivity index (χ0) is 13.5. The summed E-state index contributed by atoms with van der Waals surface area (Å²) in [6.45, 7) is 2.03. The Morgan fingerprint density at radius 2 is 2.20 bits per heavy atom. The fourth-order valence-electron chi connectivity index (χ4n) is 3.72. The lowest BCUT2D eigenvalue weighted by atomic mass is 9.84. The third-order valence-corrected chi connectivity index (χ3v) is 5.53. The Bertz CT molecular complexity index is 677. The van der Waals surface area contributed by atoms with Crippen molar-refractivity contribution in [3.63, 3.8) is 0 Å². The van der Waals surface area contributed by atoms with Crippen molar-refractivity contribution in [3.05, 3.63) is 33.7 Å². The van der Waals surface area contributed by atoms with E-state index in [4.69, 9.17) is 0 Å². The van der Waals surface area contributed by atoms with Gasteiger partial charge in [0.25, 0.3) is 5.56 Å². The van der Waals surface area contributed by atoms with Crippen LogP contribution in [0.15, 0.2) is 22.4 Å². The minimum absolute atomic E-state index is 0.0455. The van der Waals surface area contributed by atoms with Gasteiger partial charge in [0.05, 0.1) is 5.69 Å². The molecule has 4 nitrogen and oxygen atoms in total. The minimum Gasteiger partial charge on any atom is -0.294 e. The van der Waals surface area contributed by atoms with E-state index >= 15 is 0 Å². The Kier molecular flexibility index (Phi) is 3.11. The third-order valence-electron chi connectivity index (χ3n) is 4.78. The lowest BCUT2D eigenvalue weighted by molar-refractivity contribution is 0.00205. The third kappa shape index (κ3) is 2.09. The Balaban J connectivity index is 1.54. The van der Waals surface area contributed by atoms with Crippen molar-refractivity contribution < 1.29 is 0 Å². The number of likely N-dealkylation sites (tertiary alicyclic amines) is 1. The van der Waals surface area contributed by atoms with Crippen molar-refractivity contribution in [2.24, 2.45) is 5.92 Å². The fraction of sp³-hybridized carbons (Fsp3) is 0.600. The molecule has 0 bridgehead atoms. The molecule has 0 radical (unpaired) electrons. The summed E-state index contributed by atoms with van der Waals surface area (Å²) in [5, 5.41) is 1.92. The molecule has 0 spiro atoms. The second-order valence-corrected chi connectivity index (χ2v) is 6.91. The summed E-state index contributed by atoms with van der Waals surface area (Å²) < 4.78 is 1.62. The maximum absolute atomic E-state index is 12.0. The number of hydrogen-bond acceptors (Lipinski definition) is 4. The van der Waals surface area contributed by atoms with Crippen molar-refractivity contribution in [2.75, 3.05) is 6.54 Å². The molecule has 0 N–H and O–H groups in total. The summed E-state index contributed by atoms with van der Waals surface area (Å²) in [5.41, 5.74) is 0.976. The average molecular weight is 289 g/mol. The van der Waals surface area contributed by atoms with Gasteiger partial charge >= 0.3 is 0 Å². The van der Waals surface area contributed by atoms with Gasteiger partial charge in [-0.3, -0.25) is 14.1 Å². The van der Waals surface area contributed by atoms with Gasteiger partial charge in [-0.1, -0.05) is 19.3 Å². The largest absolute Gasteiger partial charge is 0.294 e. The predicted octanol–water partition coefficient (Wildman–Crippen LogP) is 2.52. The summed E-state index contributed by atoms with van der Waals surface area (Å²) in [5.74, 6) is 0.893. The summed E-state index contributed by atoms with van der Waals surface area (Å²) in [4.78, 5) is 19.9. The molecule has 2 fully saturated rings. The molecule has 2 aromatic rings. The van der Waals surface area contributed by atoms with Gasteiger partial charge in [-0.2, -0.15) is 0 Å². The molecule has 2 unspecified atom stereocenters. The number of aromatic nitrogens is 2. The molecule has 1 aliphatic heterocycles. The Hall–Kier alpha value is -1.20. The lowest BCUT2D eigenvalue weighted by Crippen LogP contribution is -2.55. The van der Waals surface area contributed by atoms with Crippen LogP contribution in [-0.4, -0.2) is 26.9 Å². The van der Waals surface area contributed by atoms with E-state index in [0.717, 1.165) is 29.2 Å². The maximum Gasteiger partial charge on any atom is 0.258 e. The van der Waals surface area contributed by atoms with Crippen LogP contribution >= 0.6 is 11.3 Å². The van der Waals surface area contributed by atoms with Gasteiger partial charge in [0.1, 0.15) is 0 Å². The zero-order valence-electron chi connectivity index (χ0n) is 11.5. The van der Waals surface area contributed by atoms with Crippen LogP contribution in [0.5, 0.6) is 0 Å². The first-order valence-corrected chi connectivity index (χ1v) is 8.39. The van der Waals surface area contributed by atoms with Crippen LogP contribution in [0.4, 0.5) is 0 Å². The number of rotatable bonds is 2. The second kappa shape index (κ2) is 4.97. The second-order valence-electron chi connectivity index (χ2n) is 6.04. The molecule has 1 saturated carbocycles. The van der Waals surface area contributed by atoms with Gasteiger partial charge in [-0.15, -0.1) is 11.3 Å². The highest BCUT2D eigenvalue weighted by atomic mass is 32.1. The van der Waals surface area contributed by atoms with E-state index in [2.05, 4.69) is 9.88 Å². The standard InChI is InChI=1S/C15H19N3OS/c19-14-8-12(16-15-18(14)6-7-20-15)10-17-9-11-4-2-1-3-5-13(11)17/h6-8,11,13H,1-5,9-10H2. The maximum atomic E-state index is 12.0. The molecular formula is C15H19N3OS. The van der Waals surface area contributed by atoms with Crippen LogP contribution in [0.2, 0.25) is 0 Å². The van der Waals surface area contributed by atoms with Gasteiger partial charge < -0.3 is 0 Å². The van der Waals surface area contributed by atoms with E-state index in [1.165, 1.54) is 50.0 Å². The summed E-state index contributed by atoms with van der Waals surface area (Å²) in [7, 11) is 0. The van der Waals surface area contributed by atoms with Crippen molar-refractivity contribution in [2.45, 2.75) is 44.7 Å². The van der Waals surface area contributed by atoms with Crippen LogP contribution < -0.4 is 5.56 Å². The van der Waals surface area contributed by atoms with Crippen molar-refractivity contribution in [3.8, 4) is 0 Å². The monoisotopic (exact) mass is 289 g/mol. The molecule has 0 aromatic carbocycles. The number of hydrogen-bond donors (Lipinski definition) is 0. The molecule has 1 aliphatic carbocycles. The van der Waals surface area contributed by atoms with E-state index in [9.17, 15) is 4.79 Å². The molecule has 5 heteroatoms. The van der Waals surface area contributed by atoms with E-state index in [-0.39, 0.29) is 5.56 Å². The normalized spacial score (nSPS) is 27.0. The SMILES string of the molecule is O=c1cc(CN2CC3CCCCCC32)nc2sccn12. The quantitative estimate of drug-likeness (QED) is 0.852. The van der Waals surface area contributed by atoms with Gasteiger partial charge in [0, 0.05) is 36.8 Å². The molecule has 1 saturated heterocycles. The Morgan fingerprint density at radius 1 is 1.30 bits per heavy atom. The molecule has 4 rings (SSSR count). The van der Waals surface area contributed by atoms with Crippen LogP contribution in [0.25, 0.3) is 4.96 Å². The topological polar surface area (TPSA) is 37.6 Å². The Labute approximate surface area is 122 Å². The molecule has 2 atom stereocenters. The Morgan fingerprint density at radius 3 is 3.15 bits per heavy atom. The smallest absolute Gasteiger partial charge is 0.258 e. The molecule has 3 heterocycles. The van der Waals surface area contributed by atoms with E-state index in [1.807, 2.05) is 5.38 Å². The van der Waals surface area contributed by atoms with Crippen LogP contribution in [0.1, 0.15) is 37.8 Å². The summed E-state index contributed by atoms with van der Waals surface area (Å²) in [6, 6.07) is 2.44. The van der Waals surface area contributed by atoms with Crippen LogP contribution in [0, 0.1) is 5.92 Å². The van der Waals surface area contributed by atoms with E-state index in [1.54, 1.807) is 16.7 Å².